The van der Waals surface area contributed by atoms with Gasteiger partial charge in [-0.25, -0.2) is 0 Å². The van der Waals surface area contributed by atoms with Crippen LogP contribution in [0.25, 0.3) is 0 Å². The summed E-state index contributed by atoms with van der Waals surface area (Å²) in [5.41, 5.74) is 4.82. The summed E-state index contributed by atoms with van der Waals surface area (Å²) in [6.07, 6.45) is 5.42. The molecule has 4 rings (SSSR count). The molecular formula is C30H43BrO4Si. The molecule has 2 fully saturated rings. The van der Waals surface area contributed by atoms with Gasteiger partial charge in [-0.2, -0.15) is 0 Å². The van der Waals surface area contributed by atoms with Gasteiger partial charge in [-0.15, -0.1) is 0 Å². The van der Waals surface area contributed by atoms with Crippen LogP contribution in [0.4, 0.5) is 0 Å². The SMILES string of the molecule is CCOC(=O)C(Br)c1ccccc1C1CC1.CCOC(=O)Cc1ccccc1C1CC1.C[Si](C)(C)C. The minimum Gasteiger partial charge on any atom is -0.466 e. The Kier molecular flexibility index (Phi) is 12.4. The summed E-state index contributed by atoms with van der Waals surface area (Å²) < 4.78 is 9.99. The van der Waals surface area contributed by atoms with E-state index in [0.717, 1.165) is 11.1 Å². The van der Waals surface area contributed by atoms with Crippen LogP contribution in [0, 0.1) is 0 Å². The third kappa shape index (κ3) is 11.4. The molecule has 2 aromatic carbocycles. The van der Waals surface area contributed by atoms with Crippen molar-refractivity contribution in [1.29, 1.82) is 0 Å². The lowest BCUT2D eigenvalue weighted by molar-refractivity contribution is -0.143. The third-order valence-electron chi connectivity index (χ3n) is 5.49. The van der Waals surface area contributed by atoms with Crippen LogP contribution in [-0.2, 0) is 25.5 Å². The van der Waals surface area contributed by atoms with Crippen molar-refractivity contribution in [2.45, 2.75) is 88.8 Å². The van der Waals surface area contributed by atoms with Crippen LogP contribution in [0.15, 0.2) is 48.5 Å². The molecule has 0 aliphatic heterocycles. The van der Waals surface area contributed by atoms with Crippen molar-refractivity contribution < 1.29 is 19.1 Å². The van der Waals surface area contributed by atoms with Gasteiger partial charge in [-0.1, -0.05) is 90.6 Å². The summed E-state index contributed by atoms with van der Waals surface area (Å²) >= 11 is 3.42. The number of carbonyl (C=O) groups is 2. The first kappa shape index (κ1) is 30.3. The summed E-state index contributed by atoms with van der Waals surface area (Å²) in [6.45, 7) is 13.9. The Morgan fingerprint density at radius 3 is 1.83 bits per heavy atom. The first-order valence-corrected chi connectivity index (χ1v) is 18.1. The number of rotatable bonds is 8. The Morgan fingerprint density at radius 2 is 1.31 bits per heavy atom. The number of halogens is 1. The van der Waals surface area contributed by atoms with E-state index in [9.17, 15) is 9.59 Å². The van der Waals surface area contributed by atoms with Gasteiger partial charge in [0.25, 0.3) is 0 Å². The zero-order valence-corrected chi connectivity index (χ0v) is 25.4. The maximum Gasteiger partial charge on any atom is 0.324 e. The largest absolute Gasteiger partial charge is 0.466 e. The highest BCUT2D eigenvalue weighted by Gasteiger charge is 2.30. The number of benzene rings is 2. The number of esters is 2. The van der Waals surface area contributed by atoms with E-state index in [4.69, 9.17) is 9.47 Å². The van der Waals surface area contributed by atoms with E-state index in [2.05, 4.69) is 54.3 Å². The highest BCUT2D eigenvalue weighted by molar-refractivity contribution is 9.09. The van der Waals surface area contributed by atoms with Crippen LogP contribution in [-0.4, -0.2) is 33.2 Å². The van der Waals surface area contributed by atoms with Gasteiger partial charge in [0.15, 0.2) is 0 Å². The summed E-state index contributed by atoms with van der Waals surface area (Å²) in [5.74, 6) is 1.02. The highest BCUT2D eigenvalue weighted by Crippen LogP contribution is 2.44. The van der Waals surface area contributed by atoms with E-state index in [1.807, 2.05) is 50.2 Å². The Balaban J connectivity index is 0.000000215. The number of carbonyl (C=O) groups excluding carboxylic acids is 2. The third-order valence-corrected chi connectivity index (χ3v) is 6.36. The fraction of sp³-hybridized carbons (Fsp3) is 0.533. The topological polar surface area (TPSA) is 52.6 Å². The van der Waals surface area contributed by atoms with E-state index in [0.29, 0.717) is 31.5 Å². The molecule has 2 aliphatic carbocycles. The molecule has 0 heterocycles. The average Bonchev–Trinajstić information content (AvgIpc) is 3.72. The lowest BCUT2D eigenvalue weighted by Crippen LogP contribution is -2.12. The van der Waals surface area contributed by atoms with Crippen LogP contribution in [0.1, 0.15) is 78.4 Å². The van der Waals surface area contributed by atoms with Gasteiger partial charge >= 0.3 is 11.9 Å². The van der Waals surface area contributed by atoms with Gasteiger partial charge in [0.05, 0.1) is 19.6 Å². The number of alkyl halides is 1. The molecule has 2 saturated carbocycles. The molecule has 0 radical (unpaired) electrons. The van der Waals surface area contributed by atoms with Crippen LogP contribution < -0.4 is 0 Å². The summed E-state index contributed by atoms with van der Waals surface area (Å²) in [4.78, 5) is 22.7. The summed E-state index contributed by atoms with van der Waals surface area (Å²) in [7, 11) is -0.611. The van der Waals surface area contributed by atoms with Crippen molar-refractivity contribution >= 4 is 35.9 Å². The van der Waals surface area contributed by atoms with Crippen molar-refractivity contribution in [3.05, 3.63) is 70.8 Å². The zero-order chi connectivity index (χ0) is 26.7. The summed E-state index contributed by atoms with van der Waals surface area (Å²) in [5, 5.41) is 0. The summed E-state index contributed by atoms with van der Waals surface area (Å²) in [6, 6.07) is 16.3. The zero-order valence-electron chi connectivity index (χ0n) is 22.8. The normalized spacial score (nSPS) is 15.4. The Bertz CT molecular complexity index is 971. The standard InChI is InChI=1S/C13H15BrO2.C13H16O2.C4H12Si/c1-2-16-13(15)12(14)11-6-4-3-5-10(11)9-7-8-9;1-2-15-13(14)9-11-5-3-4-6-12(11)10-7-8-10;1-5(2,3)4/h3-6,9,12H,2,7-8H2,1H3;3-6,10H,2,7-9H2,1H3;1-4H3. The number of hydrogen-bond acceptors (Lipinski definition) is 4. The van der Waals surface area contributed by atoms with Crippen LogP contribution in [0.5, 0.6) is 0 Å². The number of ether oxygens (including phenoxy) is 2. The molecule has 0 N–H and O–H groups in total. The van der Waals surface area contributed by atoms with Crippen molar-refractivity contribution in [3.8, 4) is 0 Å². The van der Waals surface area contributed by atoms with E-state index in [1.54, 1.807) is 0 Å². The molecule has 4 nitrogen and oxygen atoms in total. The van der Waals surface area contributed by atoms with Crippen LogP contribution in [0.3, 0.4) is 0 Å². The molecule has 1 atom stereocenters. The minimum absolute atomic E-state index is 0.120. The van der Waals surface area contributed by atoms with Crippen molar-refractivity contribution in [3.63, 3.8) is 0 Å². The van der Waals surface area contributed by atoms with E-state index >= 15 is 0 Å². The number of hydrogen-bond donors (Lipinski definition) is 0. The van der Waals surface area contributed by atoms with Gasteiger partial charge in [0.2, 0.25) is 0 Å². The van der Waals surface area contributed by atoms with Crippen molar-refractivity contribution in [2.75, 3.05) is 13.2 Å². The molecule has 6 heteroatoms. The smallest absolute Gasteiger partial charge is 0.324 e. The monoisotopic (exact) mass is 574 g/mol. The predicted octanol–water partition coefficient (Wildman–Crippen LogP) is 8.19. The minimum atomic E-state index is -0.611. The van der Waals surface area contributed by atoms with Gasteiger partial charge in [0.1, 0.15) is 4.83 Å². The van der Waals surface area contributed by atoms with Crippen molar-refractivity contribution in [2.24, 2.45) is 0 Å². The molecule has 0 bridgehead atoms. The Morgan fingerprint density at radius 1 is 0.833 bits per heavy atom. The van der Waals surface area contributed by atoms with E-state index in [1.165, 1.54) is 36.8 Å². The van der Waals surface area contributed by atoms with Crippen LogP contribution in [0.2, 0.25) is 26.2 Å². The van der Waals surface area contributed by atoms with Gasteiger partial charge in [0, 0.05) is 8.07 Å². The first-order valence-electron chi connectivity index (χ1n) is 13.2. The van der Waals surface area contributed by atoms with Crippen LogP contribution >= 0.6 is 15.9 Å². The molecule has 2 aromatic rings. The van der Waals surface area contributed by atoms with Gasteiger partial charge in [-0.3, -0.25) is 9.59 Å². The molecule has 2 aliphatic rings. The van der Waals surface area contributed by atoms with Gasteiger partial charge in [-0.05, 0) is 73.6 Å². The molecule has 0 saturated heterocycles. The lowest BCUT2D eigenvalue weighted by atomic mass is 10.0. The molecule has 0 spiro atoms. The Hall–Kier alpha value is -1.92. The second-order valence-electron chi connectivity index (χ2n) is 11.0. The average molecular weight is 576 g/mol. The maximum atomic E-state index is 11.7. The molecular weight excluding hydrogens is 532 g/mol. The Labute approximate surface area is 227 Å². The second kappa shape index (κ2) is 14.7. The predicted molar refractivity (Wildman–Crippen MR) is 155 cm³/mol. The molecule has 198 valence electrons. The lowest BCUT2D eigenvalue weighted by Gasteiger charge is -2.13. The van der Waals surface area contributed by atoms with E-state index in [-0.39, 0.29) is 16.8 Å². The molecule has 0 amide bonds. The van der Waals surface area contributed by atoms with E-state index < -0.39 is 8.07 Å². The van der Waals surface area contributed by atoms with Gasteiger partial charge < -0.3 is 9.47 Å². The first-order chi connectivity index (χ1) is 17.0. The molecule has 1 unspecified atom stereocenters. The van der Waals surface area contributed by atoms with Crippen molar-refractivity contribution in [1.82, 2.24) is 0 Å². The fourth-order valence-corrected chi connectivity index (χ4v) is 4.25. The quantitative estimate of drug-likeness (QED) is 0.181. The molecule has 0 aromatic heterocycles. The highest BCUT2D eigenvalue weighted by atomic mass is 79.9. The second-order valence-corrected chi connectivity index (χ2v) is 17.9. The molecule has 36 heavy (non-hydrogen) atoms. The fourth-order valence-electron chi connectivity index (χ4n) is 3.71. The maximum absolute atomic E-state index is 11.7.